The molecule has 4 aromatic rings. The van der Waals surface area contributed by atoms with Gasteiger partial charge in [-0.25, -0.2) is 18.1 Å². The Labute approximate surface area is 228 Å². The van der Waals surface area contributed by atoms with Crippen molar-refractivity contribution in [2.24, 2.45) is 0 Å². The predicted molar refractivity (Wildman–Crippen MR) is 148 cm³/mol. The van der Waals surface area contributed by atoms with Crippen LogP contribution in [0.4, 0.5) is 5.82 Å². The van der Waals surface area contributed by atoms with Crippen molar-refractivity contribution in [2.45, 2.75) is 49.8 Å². The number of nitrogens with zero attached hydrogens (tertiary/aromatic N) is 2. The minimum atomic E-state index is -4.02. The first kappa shape index (κ1) is 26.5. The molecule has 1 aliphatic heterocycles. The van der Waals surface area contributed by atoms with Crippen molar-refractivity contribution < 1.29 is 24.5 Å². The smallest absolute Gasteiger partial charge is 0.258 e. The van der Waals surface area contributed by atoms with Crippen molar-refractivity contribution in [1.82, 2.24) is 19.9 Å². The van der Waals surface area contributed by atoms with Gasteiger partial charge in [0.15, 0.2) is 5.82 Å². The third kappa shape index (κ3) is 5.42. The summed E-state index contributed by atoms with van der Waals surface area (Å²) in [5.74, 6) is -0.0729. The van der Waals surface area contributed by atoms with Crippen LogP contribution >= 0.6 is 0 Å². The first-order chi connectivity index (χ1) is 18.6. The summed E-state index contributed by atoms with van der Waals surface area (Å²) in [6.07, 6.45) is 0.840. The predicted octanol–water partition coefficient (Wildman–Crippen LogP) is 4.08. The molecule has 0 unspecified atom stereocenters. The number of aromatic amines is 1. The first-order valence-corrected chi connectivity index (χ1v) is 14.0. The van der Waals surface area contributed by atoms with Gasteiger partial charge in [0.1, 0.15) is 11.7 Å². The summed E-state index contributed by atoms with van der Waals surface area (Å²) in [5, 5.41) is 20.9. The van der Waals surface area contributed by atoms with E-state index in [4.69, 9.17) is 4.74 Å². The Bertz CT molecular complexity index is 1610. The molecule has 1 aliphatic rings. The normalized spacial score (nSPS) is 18.2. The van der Waals surface area contributed by atoms with E-state index in [-0.39, 0.29) is 23.3 Å². The second-order valence-corrected chi connectivity index (χ2v) is 11.6. The van der Waals surface area contributed by atoms with E-state index in [9.17, 15) is 18.3 Å². The highest BCUT2D eigenvalue weighted by Gasteiger charge is 2.45. The number of amides is 1. The molecular weight excluding hydrogens is 518 g/mol. The molecule has 0 bridgehead atoms. The highest BCUT2D eigenvalue weighted by molar-refractivity contribution is 7.89. The first-order valence-electron chi connectivity index (χ1n) is 12.5. The number of hydrogen-bond acceptors (Lipinski definition) is 7. The van der Waals surface area contributed by atoms with Crippen LogP contribution in [-0.4, -0.2) is 46.3 Å². The Hall–Kier alpha value is -4.06. The van der Waals surface area contributed by atoms with Crippen LogP contribution in [0.15, 0.2) is 77.8 Å². The summed E-state index contributed by atoms with van der Waals surface area (Å²) >= 11 is 0. The number of rotatable bonds is 7. The number of fused-ring (bicyclic) bond motifs is 1. The van der Waals surface area contributed by atoms with Gasteiger partial charge in [-0.2, -0.15) is 5.10 Å². The average molecular weight is 550 g/mol. The van der Waals surface area contributed by atoms with Gasteiger partial charge in [-0.1, -0.05) is 49.4 Å². The van der Waals surface area contributed by atoms with Crippen molar-refractivity contribution in [3.8, 4) is 17.1 Å². The molecule has 4 N–H and O–H groups in total. The van der Waals surface area contributed by atoms with E-state index >= 15 is 0 Å². The summed E-state index contributed by atoms with van der Waals surface area (Å²) in [6.45, 7) is 5.26. The van der Waals surface area contributed by atoms with Crippen LogP contribution < -0.4 is 14.8 Å². The van der Waals surface area contributed by atoms with E-state index in [1.165, 1.54) is 24.4 Å². The monoisotopic (exact) mass is 549 g/mol. The van der Waals surface area contributed by atoms with Gasteiger partial charge < -0.3 is 15.2 Å². The van der Waals surface area contributed by atoms with Crippen LogP contribution in [0.2, 0.25) is 0 Å². The number of ether oxygens (including phenoxy) is 1. The molecule has 0 fully saturated rings. The molecule has 0 radical (unpaired) electrons. The van der Waals surface area contributed by atoms with Crippen molar-refractivity contribution >= 4 is 21.7 Å². The van der Waals surface area contributed by atoms with Crippen LogP contribution in [0.3, 0.4) is 0 Å². The Morgan fingerprint density at radius 3 is 2.54 bits per heavy atom. The summed E-state index contributed by atoms with van der Waals surface area (Å²) in [4.78, 5) is 17.4. The lowest BCUT2D eigenvalue weighted by Crippen LogP contribution is -2.53. The Balaban J connectivity index is 0.00000370. The average Bonchev–Trinajstić information content (AvgIpc) is 3.40. The number of carbonyl (C=O) groups excluding carboxylic acids is 1. The highest BCUT2D eigenvalue weighted by Crippen LogP contribution is 2.39. The van der Waals surface area contributed by atoms with Gasteiger partial charge in [0.05, 0.1) is 22.2 Å². The third-order valence-electron chi connectivity index (χ3n) is 6.69. The third-order valence-corrected chi connectivity index (χ3v) is 8.15. The van der Waals surface area contributed by atoms with Gasteiger partial charge >= 0.3 is 0 Å². The van der Waals surface area contributed by atoms with E-state index in [2.05, 4.69) is 25.2 Å². The lowest BCUT2D eigenvalue weighted by molar-refractivity contribution is -0.0632. The minimum absolute atomic E-state index is 0. The summed E-state index contributed by atoms with van der Waals surface area (Å²) in [5.41, 5.74) is 1.88. The standard InChI is InChI=1S/C28H29N5O5S.H2/c1-4-17-10-12-20(13-11-17)39(36,37)33-24-21-14-19(16-29-27(21)38-28(2,3)25(24)34)26(35)30-23-15-22(31-32-23)18-8-6-5-7-9-18;/h5-16,24-25,33-34H,4H2,1-3H3,(H2,30,31,32,35);1H/t24-,25+;/m1./s1. The molecule has 5 rings (SSSR count). The van der Waals surface area contributed by atoms with E-state index in [0.29, 0.717) is 5.82 Å². The molecular formula is C28H31N5O5S. The van der Waals surface area contributed by atoms with Gasteiger partial charge in [0.25, 0.3) is 5.91 Å². The second-order valence-electron chi connectivity index (χ2n) is 9.85. The Morgan fingerprint density at radius 2 is 1.85 bits per heavy atom. The lowest BCUT2D eigenvalue weighted by atomic mass is 9.88. The van der Waals surface area contributed by atoms with E-state index in [1.807, 2.05) is 37.3 Å². The van der Waals surface area contributed by atoms with Gasteiger partial charge in [-0.15, -0.1) is 0 Å². The van der Waals surface area contributed by atoms with Gasteiger partial charge in [0.2, 0.25) is 15.9 Å². The minimum Gasteiger partial charge on any atom is -0.469 e. The Morgan fingerprint density at radius 1 is 1.13 bits per heavy atom. The van der Waals surface area contributed by atoms with Gasteiger partial charge in [0, 0.05) is 19.3 Å². The number of nitrogens with one attached hydrogen (secondary N) is 3. The van der Waals surface area contributed by atoms with Crippen LogP contribution in [0.5, 0.6) is 5.88 Å². The fraction of sp³-hybridized carbons (Fsp3) is 0.250. The topological polar surface area (TPSA) is 146 Å². The van der Waals surface area contributed by atoms with Crippen LogP contribution in [0.25, 0.3) is 11.3 Å². The molecule has 3 heterocycles. The molecule has 0 saturated heterocycles. The molecule has 10 nitrogen and oxygen atoms in total. The molecule has 2 atom stereocenters. The molecule has 204 valence electrons. The highest BCUT2D eigenvalue weighted by atomic mass is 32.2. The molecule has 39 heavy (non-hydrogen) atoms. The number of H-pyrrole nitrogens is 1. The maximum Gasteiger partial charge on any atom is 0.258 e. The number of pyridine rings is 1. The van der Waals surface area contributed by atoms with Gasteiger partial charge in [-0.3, -0.25) is 9.89 Å². The fourth-order valence-electron chi connectivity index (χ4n) is 4.39. The van der Waals surface area contributed by atoms with Crippen LogP contribution in [0.1, 0.15) is 49.7 Å². The van der Waals surface area contributed by atoms with E-state index in [1.54, 1.807) is 32.0 Å². The molecule has 0 saturated carbocycles. The van der Waals surface area contributed by atoms with Crippen LogP contribution in [-0.2, 0) is 16.4 Å². The van der Waals surface area contributed by atoms with Crippen molar-refractivity contribution in [3.63, 3.8) is 0 Å². The maximum absolute atomic E-state index is 13.3. The molecule has 2 aromatic heterocycles. The largest absolute Gasteiger partial charge is 0.469 e. The summed E-state index contributed by atoms with van der Waals surface area (Å²) in [6, 6.07) is 18.1. The Kier molecular flexibility index (Phi) is 6.98. The maximum atomic E-state index is 13.3. The quantitative estimate of drug-likeness (QED) is 0.272. The summed E-state index contributed by atoms with van der Waals surface area (Å²) < 4.78 is 35.0. The number of anilines is 1. The van der Waals surface area contributed by atoms with Gasteiger partial charge in [-0.05, 0) is 49.6 Å². The molecule has 0 spiro atoms. The number of aryl methyl sites for hydroxylation is 1. The fourth-order valence-corrected chi connectivity index (χ4v) is 5.61. The number of carbonyl (C=O) groups is 1. The summed E-state index contributed by atoms with van der Waals surface area (Å²) in [7, 11) is -4.02. The second kappa shape index (κ2) is 10.3. The van der Waals surface area contributed by atoms with Crippen LogP contribution in [0, 0.1) is 0 Å². The van der Waals surface area contributed by atoms with Crippen molar-refractivity contribution in [2.75, 3.05) is 5.32 Å². The van der Waals surface area contributed by atoms with Crippen molar-refractivity contribution in [3.05, 3.63) is 89.6 Å². The molecule has 11 heteroatoms. The number of aromatic nitrogens is 3. The molecule has 2 aromatic carbocycles. The molecule has 1 amide bonds. The molecule has 0 aliphatic carbocycles. The lowest BCUT2D eigenvalue weighted by Gasteiger charge is -2.41. The zero-order chi connectivity index (χ0) is 27.8. The van der Waals surface area contributed by atoms with E-state index in [0.717, 1.165) is 23.2 Å². The zero-order valence-electron chi connectivity index (χ0n) is 21.7. The number of sulfonamides is 1. The number of hydrogen-bond donors (Lipinski definition) is 4. The zero-order valence-corrected chi connectivity index (χ0v) is 22.5. The number of aliphatic hydroxyl groups is 1. The number of aliphatic hydroxyl groups excluding tert-OH is 1. The number of benzene rings is 2. The van der Waals surface area contributed by atoms with Crippen molar-refractivity contribution in [1.29, 1.82) is 0 Å². The SMILES string of the molecule is CCc1ccc(S(=O)(=O)N[C@@H]2c3cc(C(=O)Nc4cc(-c5ccccc5)[nH]n4)cnc3OC(C)(C)[C@H]2O)cc1.[HH]. The van der Waals surface area contributed by atoms with E-state index < -0.39 is 33.7 Å².